The molecular formula is C11H18ClN. The summed E-state index contributed by atoms with van der Waals surface area (Å²) in [5, 5.41) is 0. The average molecular weight is 200 g/mol. The molecule has 0 saturated heterocycles. The Bertz CT molecular complexity index is 221. The molecule has 1 aromatic rings. The maximum Gasteiger partial charge on any atom is 0.0101 e. The van der Waals surface area contributed by atoms with Gasteiger partial charge in [-0.05, 0) is 33.0 Å². The highest BCUT2D eigenvalue weighted by atomic mass is 35.5. The van der Waals surface area contributed by atoms with Gasteiger partial charge >= 0.3 is 0 Å². The SMILES string of the molecule is CC(Cc1ccccc1)N(C)C.Cl. The monoisotopic (exact) mass is 199 g/mol. The molecular weight excluding hydrogens is 182 g/mol. The van der Waals surface area contributed by atoms with Crippen LogP contribution in [0.4, 0.5) is 0 Å². The molecule has 0 saturated carbocycles. The highest BCUT2D eigenvalue weighted by Gasteiger charge is 2.04. The molecule has 0 aliphatic heterocycles. The van der Waals surface area contributed by atoms with Crippen LogP contribution in [0.2, 0.25) is 0 Å². The van der Waals surface area contributed by atoms with Crippen molar-refractivity contribution in [3.8, 4) is 0 Å². The maximum atomic E-state index is 2.24. The van der Waals surface area contributed by atoms with Crippen molar-refractivity contribution in [2.75, 3.05) is 14.1 Å². The number of halogens is 1. The zero-order valence-corrected chi connectivity index (χ0v) is 9.34. The molecule has 0 bridgehead atoms. The Morgan fingerprint density at radius 3 is 2.15 bits per heavy atom. The summed E-state index contributed by atoms with van der Waals surface area (Å²) in [7, 11) is 4.24. The van der Waals surface area contributed by atoms with E-state index in [0.717, 1.165) is 6.42 Å². The lowest BCUT2D eigenvalue weighted by molar-refractivity contribution is 0.312. The minimum absolute atomic E-state index is 0. The fourth-order valence-corrected chi connectivity index (χ4v) is 1.14. The molecule has 1 atom stereocenters. The average Bonchev–Trinajstić information content (AvgIpc) is 2.06. The third-order valence-electron chi connectivity index (χ3n) is 2.26. The fourth-order valence-electron chi connectivity index (χ4n) is 1.14. The van der Waals surface area contributed by atoms with Crippen LogP contribution in [0.5, 0.6) is 0 Å². The largest absolute Gasteiger partial charge is 0.306 e. The Morgan fingerprint density at radius 1 is 1.15 bits per heavy atom. The van der Waals surface area contributed by atoms with Gasteiger partial charge in [-0.15, -0.1) is 12.4 Å². The molecule has 1 aromatic carbocycles. The Kier molecular flexibility index (Phi) is 5.76. The van der Waals surface area contributed by atoms with Gasteiger partial charge in [0.2, 0.25) is 0 Å². The van der Waals surface area contributed by atoms with Gasteiger partial charge in [-0.3, -0.25) is 0 Å². The molecule has 2 heteroatoms. The predicted molar refractivity (Wildman–Crippen MR) is 60.5 cm³/mol. The van der Waals surface area contributed by atoms with Crippen LogP contribution in [0.3, 0.4) is 0 Å². The zero-order chi connectivity index (χ0) is 8.97. The van der Waals surface area contributed by atoms with E-state index in [4.69, 9.17) is 0 Å². The fraction of sp³-hybridized carbons (Fsp3) is 0.455. The van der Waals surface area contributed by atoms with Crippen molar-refractivity contribution >= 4 is 12.4 Å². The molecule has 0 heterocycles. The van der Waals surface area contributed by atoms with E-state index < -0.39 is 0 Å². The Hall–Kier alpha value is -0.530. The van der Waals surface area contributed by atoms with E-state index in [-0.39, 0.29) is 12.4 Å². The van der Waals surface area contributed by atoms with Gasteiger partial charge in [0.05, 0.1) is 0 Å². The van der Waals surface area contributed by atoms with Crippen LogP contribution in [0.1, 0.15) is 12.5 Å². The second-order valence-electron chi connectivity index (χ2n) is 3.50. The van der Waals surface area contributed by atoms with Crippen molar-refractivity contribution < 1.29 is 0 Å². The molecule has 0 fully saturated rings. The van der Waals surface area contributed by atoms with Gasteiger partial charge in [-0.2, -0.15) is 0 Å². The summed E-state index contributed by atoms with van der Waals surface area (Å²) in [4.78, 5) is 2.24. The second kappa shape index (κ2) is 6.01. The Morgan fingerprint density at radius 2 is 1.69 bits per heavy atom. The zero-order valence-electron chi connectivity index (χ0n) is 8.53. The molecule has 74 valence electrons. The number of likely N-dealkylation sites (N-methyl/N-ethyl adjacent to an activating group) is 1. The first kappa shape index (κ1) is 12.5. The Balaban J connectivity index is 0.00000144. The maximum absolute atomic E-state index is 2.24. The number of hydrogen-bond donors (Lipinski definition) is 0. The van der Waals surface area contributed by atoms with Crippen LogP contribution in [0.25, 0.3) is 0 Å². The summed E-state index contributed by atoms with van der Waals surface area (Å²) < 4.78 is 0. The van der Waals surface area contributed by atoms with Crippen LogP contribution >= 0.6 is 12.4 Å². The molecule has 0 aliphatic carbocycles. The van der Waals surface area contributed by atoms with Crippen LogP contribution in [-0.2, 0) is 6.42 Å². The molecule has 0 spiro atoms. The summed E-state index contributed by atoms with van der Waals surface area (Å²) in [6.45, 7) is 2.24. The van der Waals surface area contributed by atoms with Crippen molar-refractivity contribution in [1.29, 1.82) is 0 Å². The number of benzene rings is 1. The van der Waals surface area contributed by atoms with Crippen molar-refractivity contribution in [3.63, 3.8) is 0 Å². The summed E-state index contributed by atoms with van der Waals surface area (Å²) in [5.41, 5.74) is 1.42. The van der Waals surface area contributed by atoms with Crippen LogP contribution < -0.4 is 0 Å². The minimum atomic E-state index is 0. The van der Waals surface area contributed by atoms with Gasteiger partial charge < -0.3 is 4.90 Å². The van der Waals surface area contributed by atoms with Crippen LogP contribution in [0.15, 0.2) is 30.3 Å². The molecule has 0 amide bonds. The van der Waals surface area contributed by atoms with Gasteiger partial charge in [0.1, 0.15) is 0 Å². The highest BCUT2D eigenvalue weighted by molar-refractivity contribution is 5.85. The lowest BCUT2D eigenvalue weighted by Crippen LogP contribution is -2.26. The van der Waals surface area contributed by atoms with E-state index in [0.29, 0.717) is 6.04 Å². The van der Waals surface area contributed by atoms with Gasteiger partial charge in [-0.25, -0.2) is 0 Å². The molecule has 13 heavy (non-hydrogen) atoms. The topological polar surface area (TPSA) is 3.24 Å². The predicted octanol–water partition coefficient (Wildman–Crippen LogP) is 2.60. The summed E-state index contributed by atoms with van der Waals surface area (Å²) >= 11 is 0. The summed E-state index contributed by atoms with van der Waals surface area (Å²) in [6.07, 6.45) is 1.13. The third kappa shape index (κ3) is 4.30. The van der Waals surface area contributed by atoms with Gasteiger partial charge in [0.15, 0.2) is 0 Å². The van der Waals surface area contributed by atoms with Crippen molar-refractivity contribution in [2.24, 2.45) is 0 Å². The lowest BCUT2D eigenvalue weighted by atomic mass is 10.1. The van der Waals surface area contributed by atoms with E-state index in [2.05, 4.69) is 56.3 Å². The van der Waals surface area contributed by atoms with Crippen molar-refractivity contribution in [3.05, 3.63) is 35.9 Å². The van der Waals surface area contributed by atoms with E-state index in [1.54, 1.807) is 0 Å². The normalized spacial score (nSPS) is 12.3. The Labute approximate surface area is 87.2 Å². The molecule has 0 radical (unpaired) electrons. The van der Waals surface area contributed by atoms with E-state index in [1.807, 2.05) is 0 Å². The standard InChI is InChI=1S/C11H17N.ClH/c1-10(12(2)3)9-11-7-5-4-6-8-11;/h4-8,10H,9H2,1-3H3;1H. The molecule has 1 unspecified atom stereocenters. The quantitative estimate of drug-likeness (QED) is 0.724. The first-order chi connectivity index (χ1) is 5.70. The van der Waals surface area contributed by atoms with Gasteiger partial charge in [-0.1, -0.05) is 30.3 Å². The van der Waals surface area contributed by atoms with Crippen LogP contribution in [0, 0.1) is 0 Å². The molecule has 0 aromatic heterocycles. The minimum Gasteiger partial charge on any atom is -0.306 e. The lowest BCUT2D eigenvalue weighted by Gasteiger charge is -2.19. The number of rotatable bonds is 3. The first-order valence-corrected chi connectivity index (χ1v) is 4.40. The highest BCUT2D eigenvalue weighted by Crippen LogP contribution is 2.05. The third-order valence-corrected chi connectivity index (χ3v) is 2.26. The molecule has 1 rings (SSSR count). The molecule has 1 nitrogen and oxygen atoms in total. The second-order valence-corrected chi connectivity index (χ2v) is 3.50. The van der Waals surface area contributed by atoms with Gasteiger partial charge in [0, 0.05) is 6.04 Å². The molecule has 0 N–H and O–H groups in total. The number of nitrogens with zero attached hydrogens (tertiary/aromatic N) is 1. The number of hydrogen-bond acceptors (Lipinski definition) is 1. The van der Waals surface area contributed by atoms with Crippen molar-refractivity contribution in [2.45, 2.75) is 19.4 Å². The van der Waals surface area contributed by atoms with E-state index >= 15 is 0 Å². The van der Waals surface area contributed by atoms with Gasteiger partial charge in [0.25, 0.3) is 0 Å². The van der Waals surface area contributed by atoms with Crippen molar-refractivity contribution in [1.82, 2.24) is 4.90 Å². The first-order valence-electron chi connectivity index (χ1n) is 4.40. The molecule has 0 aliphatic rings. The smallest absolute Gasteiger partial charge is 0.0101 e. The van der Waals surface area contributed by atoms with Crippen LogP contribution in [-0.4, -0.2) is 25.0 Å². The van der Waals surface area contributed by atoms with E-state index in [9.17, 15) is 0 Å². The summed E-state index contributed by atoms with van der Waals surface area (Å²) in [6, 6.07) is 11.2. The van der Waals surface area contributed by atoms with E-state index in [1.165, 1.54) is 5.56 Å². The summed E-state index contributed by atoms with van der Waals surface area (Å²) in [5.74, 6) is 0.